The van der Waals surface area contributed by atoms with Gasteiger partial charge in [-0.05, 0) is 98.1 Å². The van der Waals surface area contributed by atoms with Gasteiger partial charge in [-0.25, -0.2) is 0 Å². The summed E-state index contributed by atoms with van der Waals surface area (Å²) in [5, 5.41) is 4.43. The van der Waals surface area contributed by atoms with E-state index < -0.39 is 0 Å². The van der Waals surface area contributed by atoms with Crippen molar-refractivity contribution in [2.24, 2.45) is 5.92 Å². The lowest BCUT2D eigenvalue weighted by atomic mass is 9.81. The van der Waals surface area contributed by atoms with Gasteiger partial charge in [-0.15, -0.1) is 0 Å². The molecule has 1 amide bonds. The van der Waals surface area contributed by atoms with Crippen LogP contribution in [0.25, 0.3) is 10.9 Å². The number of amides is 1. The molecular weight excluding hydrogens is 466 g/mol. The third-order valence-electron chi connectivity index (χ3n) is 8.30. The molecule has 38 heavy (non-hydrogen) atoms. The van der Waals surface area contributed by atoms with E-state index in [1.807, 2.05) is 24.4 Å². The molecule has 2 heterocycles. The fourth-order valence-electron chi connectivity index (χ4n) is 5.76. The number of piperidine rings is 1. The van der Waals surface area contributed by atoms with Crippen LogP contribution in [-0.4, -0.2) is 28.9 Å². The van der Waals surface area contributed by atoms with Crippen LogP contribution in [0.1, 0.15) is 77.7 Å². The van der Waals surface area contributed by atoms with Gasteiger partial charge in [0.2, 0.25) is 0 Å². The monoisotopic (exact) mass is 505 g/mol. The van der Waals surface area contributed by atoms with Crippen LogP contribution in [0.4, 0.5) is 0 Å². The number of hydrogen-bond acceptors (Lipinski definition) is 3. The maximum absolute atomic E-state index is 13.0. The quantitative estimate of drug-likeness (QED) is 0.271. The third kappa shape index (κ3) is 6.14. The Morgan fingerprint density at radius 2 is 1.68 bits per heavy atom. The van der Waals surface area contributed by atoms with Gasteiger partial charge in [-0.1, -0.05) is 67.9 Å². The van der Waals surface area contributed by atoms with E-state index in [1.54, 1.807) is 0 Å². The highest BCUT2D eigenvalue weighted by molar-refractivity contribution is 5.94. The Morgan fingerprint density at radius 1 is 0.974 bits per heavy atom. The van der Waals surface area contributed by atoms with E-state index in [0.717, 1.165) is 42.7 Å². The summed E-state index contributed by atoms with van der Waals surface area (Å²) in [7, 11) is 0. The van der Waals surface area contributed by atoms with Crippen LogP contribution in [0, 0.1) is 12.8 Å². The minimum atomic E-state index is -0.00518. The number of carbonyl (C=O) groups is 1. The fraction of sp³-hybridized carbons (Fsp3) is 0.353. The lowest BCUT2D eigenvalue weighted by Crippen LogP contribution is -2.34. The number of likely N-dealkylation sites (tertiary alicyclic amines) is 1. The highest BCUT2D eigenvalue weighted by Crippen LogP contribution is 2.33. The summed E-state index contributed by atoms with van der Waals surface area (Å²) < 4.78 is 0. The van der Waals surface area contributed by atoms with Crippen LogP contribution < -0.4 is 5.32 Å². The number of hydrogen-bond donors (Lipinski definition) is 1. The molecule has 1 unspecified atom stereocenters. The molecule has 0 radical (unpaired) electrons. The molecule has 1 aliphatic rings. The average Bonchev–Trinajstić information content (AvgIpc) is 2.96. The molecule has 1 aromatic heterocycles. The molecule has 0 bridgehead atoms. The van der Waals surface area contributed by atoms with Gasteiger partial charge in [-0.2, -0.15) is 0 Å². The van der Waals surface area contributed by atoms with Crippen molar-refractivity contribution >= 4 is 16.8 Å². The predicted molar refractivity (Wildman–Crippen MR) is 156 cm³/mol. The van der Waals surface area contributed by atoms with Crippen LogP contribution in [0.2, 0.25) is 0 Å². The summed E-state index contributed by atoms with van der Waals surface area (Å²) in [5.74, 6) is 1.14. The van der Waals surface area contributed by atoms with Crippen LogP contribution in [0.5, 0.6) is 0 Å². The third-order valence-corrected chi connectivity index (χ3v) is 8.30. The lowest BCUT2D eigenvalue weighted by Gasteiger charge is -2.35. The Morgan fingerprint density at radius 3 is 2.39 bits per heavy atom. The molecule has 5 rings (SSSR count). The molecule has 2 atom stereocenters. The molecule has 4 nitrogen and oxygen atoms in total. The zero-order valence-electron chi connectivity index (χ0n) is 22.9. The van der Waals surface area contributed by atoms with Gasteiger partial charge in [-0.3, -0.25) is 14.7 Å². The number of fused-ring (bicyclic) bond motifs is 1. The highest BCUT2D eigenvalue weighted by Gasteiger charge is 2.25. The summed E-state index contributed by atoms with van der Waals surface area (Å²) >= 11 is 0. The van der Waals surface area contributed by atoms with Crippen molar-refractivity contribution in [3.05, 3.63) is 113 Å². The van der Waals surface area contributed by atoms with Crippen molar-refractivity contribution in [3.63, 3.8) is 0 Å². The first-order chi connectivity index (χ1) is 18.5. The summed E-state index contributed by atoms with van der Waals surface area (Å²) in [6.45, 7) is 9.78. The lowest BCUT2D eigenvalue weighted by molar-refractivity contribution is 0.0935. The number of carbonyl (C=O) groups excluding carboxylic acids is 1. The molecule has 3 aromatic carbocycles. The number of rotatable bonds is 8. The van der Waals surface area contributed by atoms with E-state index in [4.69, 9.17) is 0 Å². The van der Waals surface area contributed by atoms with Crippen molar-refractivity contribution in [3.8, 4) is 0 Å². The molecule has 0 spiro atoms. The first-order valence-electron chi connectivity index (χ1n) is 14.0. The molecule has 0 aliphatic carbocycles. The number of nitrogens with one attached hydrogen (secondary N) is 1. The van der Waals surface area contributed by atoms with Crippen molar-refractivity contribution < 1.29 is 4.79 Å². The Balaban J connectivity index is 1.14. The first kappa shape index (κ1) is 26.1. The molecule has 0 saturated carbocycles. The summed E-state index contributed by atoms with van der Waals surface area (Å²) in [4.78, 5) is 20.0. The average molecular weight is 506 g/mol. The smallest absolute Gasteiger partial charge is 0.251 e. The molecule has 4 aromatic rings. The van der Waals surface area contributed by atoms with Crippen molar-refractivity contribution in [1.29, 1.82) is 0 Å². The zero-order chi connectivity index (χ0) is 26.5. The van der Waals surface area contributed by atoms with Crippen molar-refractivity contribution in [2.75, 3.05) is 13.1 Å². The Labute approximate surface area is 227 Å². The Kier molecular flexibility index (Phi) is 8.19. The number of aromatic nitrogens is 1. The van der Waals surface area contributed by atoms with Crippen molar-refractivity contribution in [1.82, 2.24) is 15.2 Å². The van der Waals surface area contributed by atoms with E-state index in [2.05, 4.69) is 96.6 Å². The SMILES string of the molecule is CC[C@@H](NC(=O)c1ccc(C(C)C2CCN(Cc3ccc4ncccc4c3)CC2)cc1)c1ccc(C)cc1. The normalized spacial score (nSPS) is 16.3. The maximum Gasteiger partial charge on any atom is 0.251 e. The molecule has 1 saturated heterocycles. The minimum Gasteiger partial charge on any atom is -0.345 e. The summed E-state index contributed by atoms with van der Waals surface area (Å²) in [5.41, 5.74) is 6.86. The summed E-state index contributed by atoms with van der Waals surface area (Å²) in [6.07, 6.45) is 5.12. The van der Waals surface area contributed by atoms with E-state index >= 15 is 0 Å². The maximum atomic E-state index is 13.0. The second-order valence-corrected chi connectivity index (χ2v) is 10.9. The second-order valence-electron chi connectivity index (χ2n) is 10.9. The van der Waals surface area contributed by atoms with Gasteiger partial charge in [0, 0.05) is 23.7 Å². The fourth-order valence-corrected chi connectivity index (χ4v) is 5.76. The minimum absolute atomic E-state index is 0.00518. The molecule has 4 heteroatoms. The van der Waals surface area contributed by atoms with Crippen LogP contribution in [0.15, 0.2) is 85.1 Å². The number of benzene rings is 3. The predicted octanol–water partition coefficient (Wildman–Crippen LogP) is 7.44. The van der Waals surface area contributed by atoms with Gasteiger partial charge in [0.1, 0.15) is 0 Å². The topological polar surface area (TPSA) is 45.2 Å². The molecule has 196 valence electrons. The van der Waals surface area contributed by atoms with Crippen molar-refractivity contribution in [2.45, 2.75) is 58.5 Å². The zero-order valence-corrected chi connectivity index (χ0v) is 22.9. The van der Waals surface area contributed by atoms with E-state index in [0.29, 0.717) is 11.8 Å². The number of nitrogens with zero attached hydrogens (tertiary/aromatic N) is 2. The largest absolute Gasteiger partial charge is 0.345 e. The molecule has 1 N–H and O–H groups in total. The van der Waals surface area contributed by atoms with Crippen LogP contribution in [0.3, 0.4) is 0 Å². The molecular formula is C34H39N3O. The highest BCUT2D eigenvalue weighted by atomic mass is 16.1. The Hall–Kier alpha value is -3.50. The van der Waals surface area contributed by atoms with Gasteiger partial charge in [0.05, 0.1) is 11.6 Å². The van der Waals surface area contributed by atoms with E-state index in [-0.39, 0.29) is 11.9 Å². The summed E-state index contributed by atoms with van der Waals surface area (Å²) in [6, 6.07) is 27.5. The van der Waals surface area contributed by atoms with E-state index in [9.17, 15) is 4.79 Å². The van der Waals surface area contributed by atoms with E-state index in [1.165, 1.54) is 34.9 Å². The number of aryl methyl sites for hydroxylation is 1. The standard InChI is InChI=1S/C34H39N3O/c1-4-32(29-10-7-24(2)8-11-29)36-34(38)30-14-12-27(13-15-30)25(3)28-17-20-37(21-18-28)23-26-9-16-33-31(22-26)6-5-19-35-33/h5-16,19,22,25,28,32H,4,17-18,20-21,23H2,1-3H3,(H,36,38)/t25?,32-/m1/s1. The van der Waals surface area contributed by atoms with Gasteiger partial charge in [0.15, 0.2) is 0 Å². The number of pyridine rings is 1. The van der Waals surface area contributed by atoms with Gasteiger partial charge < -0.3 is 5.32 Å². The molecule has 1 fully saturated rings. The van der Waals surface area contributed by atoms with Crippen LogP contribution in [-0.2, 0) is 6.54 Å². The first-order valence-corrected chi connectivity index (χ1v) is 14.0. The van der Waals surface area contributed by atoms with Gasteiger partial charge >= 0.3 is 0 Å². The van der Waals surface area contributed by atoms with Crippen LogP contribution >= 0.6 is 0 Å². The molecule has 1 aliphatic heterocycles. The second kappa shape index (κ2) is 11.9. The Bertz CT molecular complexity index is 1350. The van der Waals surface area contributed by atoms with Gasteiger partial charge in [0.25, 0.3) is 5.91 Å².